The van der Waals surface area contributed by atoms with Gasteiger partial charge in [-0.05, 0) is 49.9 Å². The van der Waals surface area contributed by atoms with Gasteiger partial charge in [0.15, 0.2) is 5.78 Å². The van der Waals surface area contributed by atoms with Gasteiger partial charge in [-0.15, -0.1) is 11.8 Å². The highest BCUT2D eigenvalue weighted by Crippen LogP contribution is 2.24. The molecule has 2 N–H and O–H groups in total. The van der Waals surface area contributed by atoms with Gasteiger partial charge in [0.1, 0.15) is 0 Å². The number of Topliss-reactive ketones (excluding diaryl/α,β-unsaturated/α-hetero) is 1. The van der Waals surface area contributed by atoms with Crippen molar-refractivity contribution in [2.45, 2.75) is 31.7 Å². The molecule has 0 bridgehead atoms. The number of ketones is 1. The first-order valence-corrected chi connectivity index (χ1v) is 9.37. The van der Waals surface area contributed by atoms with Crippen molar-refractivity contribution >= 4 is 41.0 Å². The minimum atomic E-state index is -0.754. The second-order valence-electron chi connectivity index (χ2n) is 5.88. The number of hydrogen-bond donors (Lipinski definition) is 2. The lowest BCUT2D eigenvalue weighted by atomic mass is 9.86. The van der Waals surface area contributed by atoms with Crippen LogP contribution in [0.3, 0.4) is 0 Å². The topological polar surface area (TPSA) is 83.5 Å². The Morgan fingerprint density at radius 2 is 1.71 bits per heavy atom. The number of rotatable bonds is 7. The summed E-state index contributed by atoms with van der Waals surface area (Å²) in [5, 5.41) is 12.5. The van der Waals surface area contributed by atoms with Crippen molar-refractivity contribution < 1.29 is 19.5 Å². The molecule has 1 aliphatic carbocycles. The van der Waals surface area contributed by atoms with Crippen LogP contribution in [-0.2, 0) is 9.59 Å². The molecule has 1 amide bonds. The zero-order valence-electron chi connectivity index (χ0n) is 13.2. The Balaban J connectivity index is 1.66. The van der Waals surface area contributed by atoms with Crippen LogP contribution in [0.2, 0.25) is 5.02 Å². The van der Waals surface area contributed by atoms with Crippen LogP contribution >= 0.6 is 23.4 Å². The molecule has 0 heterocycles. The lowest BCUT2D eigenvalue weighted by molar-refractivity contribution is -0.142. The van der Waals surface area contributed by atoms with Gasteiger partial charge >= 0.3 is 5.97 Å². The molecule has 1 aromatic rings. The van der Waals surface area contributed by atoms with Crippen molar-refractivity contribution in [3.63, 3.8) is 0 Å². The van der Waals surface area contributed by atoms with E-state index in [0.717, 1.165) is 0 Å². The molecule has 1 saturated carbocycles. The fourth-order valence-corrected chi connectivity index (χ4v) is 3.56. The highest BCUT2D eigenvalue weighted by molar-refractivity contribution is 8.00. The maximum atomic E-state index is 12.0. The van der Waals surface area contributed by atoms with E-state index in [2.05, 4.69) is 5.32 Å². The summed E-state index contributed by atoms with van der Waals surface area (Å²) in [7, 11) is 0. The number of benzene rings is 1. The Bertz CT molecular complexity index is 597. The normalized spacial score (nSPS) is 20.4. The smallest absolute Gasteiger partial charge is 0.306 e. The maximum Gasteiger partial charge on any atom is 0.306 e. The molecule has 2 rings (SSSR count). The Hall–Kier alpha value is -1.53. The minimum Gasteiger partial charge on any atom is -0.481 e. The van der Waals surface area contributed by atoms with Gasteiger partial charge < -0.3 is 10.4 Å². The van der Waals surface area contributed by atoms with Crippen molar-refractivity contribution in [1.29, 1.82) is 0 Å². The quantitative estimate of drug-likeness (QED) is 0.722. The number of aliphatic carboxylic acids is 1. The molecule has 130 valence electrons. The van der Waals surface area contributed by atoms with Crippen LogP contribution in [0.15, 0.2) is 24.3 Å². The van der Waals surface area contributed by atoms with E-state index < -0.39 is 5.97 Å². The molecule has 24 heavy (non-hydrogen) atoms. The van der Waals surface area contributed by atoms with E-state index in [1.54, 1.807) is 24.3 Å². The fraction of sp³-hybridized carbons (Fsp3) is 0.471. The van der Waals surface area contributed by atoms with Gasteiger partial charge in [-0.3, -0.25) is 14.4 Å². The Morgan fingerprint density at radius 1 is 1.08 bits per heavy atom. The monoisotopic (exact) mass is 369 g/mol. The van der Waals surface area contributed by atoms with Crippen molar-refractivity contribution in [1.82, 2.24) is 5.32 Å². The average Bonchev–Trinajstić information content (AvgIpc) is 2.55. The third-order valence-corrected chi connectivity index (χ3v) is 5.26. The van der Waals surface area contributed by atoms with E-state index in [4.69, 9.17) is 16.7 Å². The molecule has 7 heteroatoms. The van der Waals surface area contributed by atoms with Crippen LogP contribution in [0, 0.1) is 5.92 Å². The standard InChI is InChI=1S/C17H20ClNO4S/c18-13-5-1-11(2-6-13)15(20)9-24-10-16(21)19-14-7-3-12(4-8-14)17(22)23/h1-2,5-6,12,14H,3-4,7-10H2,(H,19,21)(H,22,23). The zero-order chi connectivity index (χ0) is 17.5. The number of carbonyl (C=O) groups is 3. The van der Waals surface area contributed by atoms with Gasteiger partial charge in [0, 0.05) is 16.6 Å². The molecule has 0 saturated heterocycles. The number of hydrogen-bond acceptors (Lipinski definition) is 4. The summed E-state index contributed by atoms with van der Waals surface area (Å²) in [5.74, 6) is -0.728. The molecule has 1 aliphatic rings. The Morgan fingerprint density at radius 3 is 2.29 bits per heavy atom. The molecule has 0 radical (unpaired) electrons. The van der Waals surface area contributed by atoms with Crippen molar-refractivity contribution in [3.8, 4) is 0 Å². The first kappa shape index (κ1) is 18.8. The Labute approximate surface area is 150 Å². The number of thioether (sulfide) groups is 1. The zero-order valence-corrected chi connectivity index (χ0v) is 14.7. The summed E-state index contributed by atoms with van der Waals surface area (Å²) in [5.41, 5.74) is 0.583. The first-order chi connectivity index (χ1) is 11.5. The van der Waals surface area contributed by atoms with Gasteiger partial charge in [0.05, 0.1) is 17.4 Å². The summed E-state index contributed by atoms with van der Waals surface area (Å²) in [6, 6.07) is 6.72. The number of amides is 1. The predicted molar refractivity (Wildman–Crippen MR) is 94.6 cm³/mol. The van der Waals surface area contributed by atoms with Crippen molar-refractivity contribution in [3.05, 3.63) is 34.9 Å². The Kier molecular flexibility index (Phi) is 7.12. The average molecular weight is 370 g/mol. The second kappa shape index (κ2) is 9.08. The molecule has 5 nitrogen and oxygen atoms in total. The number of carbonyl (C=O) groups excluding carboxylic acids is 2. The van der Waals surface area contributed by atoms with E-state index in [0.29, 0.717) is 36.3 Å². The molecule has 0 spiro atoms. The number of carboxylic acids is 1. The van der Waals surface area contributed by atoms with E-state index in [9.17, 15) is 14.4 Å². The van der Waals surface area contributed by atoms with Gasteiger partial charge in [0.2, 0.25) is 5.91 Å². The molecule has 0 atom stereocenters. The second-order valence-corrected chi connectivity index (χ2v) is 7.30. The third kappa shape index (κ3) is 5.83. The maximum absolute atomic E-state index is 12.0. The number of nitrogens with one attached hydrogen (secondary N) is 1. The summed E-state index contributed by atoms with van der Waals surface area (Å²) >= 11 is 7.05. The molecular weight excluding hydrogens is 350 g/mol. The SMILES string of the molecule is O=C(CSCC(=O)c1ccc(Cl)cc1)NC1CCC(C(=O)O)CC1. The fourth-order valence-electron chi connectivity index (χ4n) is 2.71. The predicted octanol–water partition coefficient (Wildman–Crippen LogP) is 3.02. The minimum absolute atomic E-state index is 0.0357. The van der Waals surface area contributed by atoms with E-state index in [-0.39, 0.29) is 35.2 Å². The summed E-state index contributed by atoms with van der Waals surface area (Å²) in [6.07, 6.45) is 2.58. The summed E-state index contributed by atoms with van der Waals surface area (Å²) in [4.78, 5) is 34.8. The highest BCUT2D eigenvalue weighted by atomic mass is 35.5. The van der Waals surface area contributed by atoms with Gasteiger partial charge in [0.25, 0.3) is 0 Å². The van der Waals surface area contributed by atoms with Crippen LogP contribution in [0.4, 0.5) is 0 Å². The molecule has 0 aliphatic heterocycles. The number of halogens is 1. The van der Waals surface area contributed by atoms with Crippen LogP contribution < -0.4 is 5.32 Å². The van der Waals surface area contributed by atoms with Crippen LogP contribution in [0.1, 0.15) is 36.0 Å². The first-order valence-electron chi connectivity index (χ1n) is 7.84. The highest BCUT2D eigenvalue weighted by Gasteiger charge is 2.26. The summed E-state index contributed by atoms with van der Waals surface area (Å²) < 4.78 is 0. The largest absolute Gasteiger partial charge is 0.481 e. The molecular formula is C17H20ClNO4S. The third-order valence-electron chi connectivity index (χ3n) is 4.07. The molecule has 0 aromatic heterocycles. The van der Waals surface area contributed by atoms with Crippen LogP contribution in [0.5, 0.6) is 0 Å². The molecule has 1 aromatic carbocycles. The van der Waals surface area contributed by atoms with Gasteiger partial charge in [-0.1, -0.05) is 11.6 Å². The van der Waals surface area contributed by atoms with E-state index in [1.165, 1.54) is 11.8 Å². The lowest BCUT2D eigenvalue weighted by Crippen LogP contribution is -2.39. The summed E-state index contributed by atoms with van der Waals surface area (Å²) in [6.45, 7) is 0. The molecule has 1 fully saturated rings. The number of carboxylic acid groups (broad SMARTS) is 1. The van der Waals surface area contributed by atoms with Gasteiger partial charge in [-0.25, -0.2) is 0 Å². The van der Waals surface area contributed by atoms with E-state index in [1.807, 2.05) is 0 Å². The van der Waals surface area contributed by atoms with E-state index >= 15 is 0 Å². The van der Waals surface area contributed by atoms with Crippen LogP contribution in [0.25, 0.3) is 0 Å². The van der Waals surface area contributed by atoms with Gasteiger partial charge in [-0.2, -0.15) is 0 Å². The van der Waals surface area contributed by atoms with Crippen LogP contribution in [-0.4, -0.2) is 40.3 Å². The lowest BCUT2D eigenvalue weighted by Gasteiger charge is -2.26. The molecule has 0 unspecified atom stereocenters. The van der Waals surface area contributed by atoms with Crippen molar-refractivity contribution in [2.24, 2.45) is 5.92 Å². The van der Waals surface area contributed by atoms with Crippen molar-refractivity contribution in [2.75, 3.05) is 11.5 Å².